The number of para-hydroxylation sites is 1. The van der Waals surface area contributed by atoms with Crippen LogP contribution in [0.15, 0.2) is 54.6 Å². The summed E-state index contributed by atoms with van der Waals surface area (Å²) in [4.78, 5) is 21.5. The van der Waals surface area contributed by atoms with Crippen molar-refractivity contribution in [3.63, 3.8) is 0 Å². The van der Waals surface area contributed by atoms with E-state index in [9.17, 15) is 15.0 Å². The third kappa shape index (κ3) is 2.88. The Bertz CT molecular complexity index is 1160. The van der Waals surface area contributed by atoms with Gasteiger partial charge in [-0.3, -0.25) is 0 Å². The Morgan fingerprint density at radius 2 is 1.70 bits per heavy atom. The molecule has 6 nitrogen and oxygen atoms in total. The molecule has 2 N–H and O–H groups in total. The average molecular weight is 378 g/mol. The monoisotopic (exact) mass is 378 g/mol. The van der Waals surface area contributed by atoms with Crippen LogP contribution in [-0.2, 0) is 4.74 Å². The van der Waals surface area contributed by atoms with Gasteiger partial charge in [0.1, 0.15) is 10.6 Å². The number of methoxy groups -OCH3 is 1. The van der Waals surface area contributed by atoms with E-state index in [0.717, 1.165) is 16.9 Å². The number of fused-ring (bicyclic) bond motifs is 1. The molecule has 0 amide bonds. The van der Waals surface area contributed by atoms with Crippen LogP contribution in [0, 0.1) is 0 Å². The minimum Gasteiger partial charge on any atom is -0.507 e. The van der Waals surface area contributed by atoms with Gasteiger partial charge in [-0.05, 0) is 12.1 Å². The van der Waals surface area contributed by atoms with Gasteiger partial charge in [0.15, 0.2) is 16.5 Å². The van der Waals surface area contributed by atoms with Crippen molar-refractivity contribution in [1.82, 2.24) is 9.97 Å². The first-order valence-corrected chi connectivity index (χ1v) is 8.87. The Kier molecular flexibility index (Phi) is 4.21. The van der Waals surface area contributed by atoms with E-state index in [0.29, 0.717) is 27.3 Å². The van der Waals surface area contributed by atoms with Crippen LogP contribution in [0.25, 0.3) is 32.9 Å². The van der Waals surface area contributed by atoms with Crippen molar-refractivity contribution in [2.24, 2.45) is 0 Å². The van der Waals surface area contributed by atoms with Gasteiger partial charge < -0.3 is 14.9 Å². The molecular formula is C20H14N2O4S. The van der Waals surface area contributed by atoms with Crippen molar-refractivity contribution in [2.45, 2.75) is 0 Å². The third-order valence-corrected chi connectivity index (χ3v) is 5.14. The standard InChI is InChI=1S/C20H14N2O4S/c1-26-20(25)17-16(24)14-15(11-7-3-2-4-8-11)21-18(22-19(14)27-17)12-9-5-6-10-13(12)23/h2-10,23-24H,1H3. The lowest BCUT2D eigenvalue weighted by Gasteiger charge is -2.08. The highest BCUT2D eigenvalue weighted by Crippen LogP contribution is 2.42. The lowest BCUT2D eigenvalue weighted by atomic mass is 10.1. The molecule has 2 heterocycles. The zero-order valence-electron chi connectivity index (χ0n) is 14.2. The Morgan fingerprint density at radius 1 is 1.00 bits per heavy atom. The first-order valence-electron chi connectivity index (χ1n) is 8.05. The van der Waals surface area contributed by atoms with Gasteiger partial charge >= 0.3 is 5.97 Å². The van der Waals surface area contributed by atoms with E-state index in [4.69, 9.17) is 4.74 Å². The number of esters is 1. The molecule has 2 aromatic heterocycles. The van der Waals surface area contributed by atoms with Gasteiger partial charge in [0, 0.05) is 5.56 Å². The van der Waals surface area contributed by atoms with Crippen LogP contribution in [0.1, 0.15) is 9.67 Å². The number of carbonyl (C=O) groups excluding carboxylic acids is 1. The normalized spacial score (nSPS) is 10.9. The van der Waals surface area contributed by atoms with Gasteiger partial charge in [-0.2, -0.15) is 0 Å². The molecule has 7 heteroatoms. The van der Waals surface area contributed by atoms with Gasteiger partial charge in [-0.15, -0.1) is 11.3 Å². The summed E-state index contributed by atoms with van der Waals surface area (Å²) in [6.45, 7) is 0. The second-order valence-electron chi connectivity index (χ2n) is 5.73. The van der Waals surface area contributed by atoms with Crippen LogP contribution in [0.5, 0.6) is 11.5 Å². The number of ether oxygens (including phenoxy) is 1. The third-order valence-electron chi connectivity index (χ3n) is 4.09. The number of phenols is 1. The number of hydrogen-bond acceptors (Lipinski definition) is 7. The van der Waals surface area contributed by atoms with E-state index in [1.807, 2.05) is 30.3 Å². The zero-order chi connectivity index (χ0) is 19.0. The maximum atomic E-state index is 12.0. The molecule has 27 heavy (non-hydrogen) atoms. The summed E-state index contributed by atoms with van der Waals surface area (Å²) in [6, 6.07) is 16.0. The van der Waals surface area contributed by atoms with Gasteiger partial charge in [0.2, 0.25) is 0 Å². The zero-order valence-corrected chi connectivity index (χ0v) is 15.0. The van der Waals surface area contributed by atoms with Crippen molar-refractivity contribution in [3.8, 4) is 34.1 Å². The molecule has 0 aliphatic rings. The topological polar surface area (TPSA) is 92.5 Å². The minimum absolute atomic E-state index is 0.0461. The van der Waals surface area contributed by atoms with E-state index in [1.54, 1.807) is 24.3 Å². The smallest absolute Gasteiger partial charge is 0.351 e. The lowest BCUT2D eigenvalue weighted by molar-refractivity contribution is 0.0603. The van der Waals surface area contributed by atoms with Crippen LogP contribution in [0.3, 0.4) is 0 Å². The Hall–Kier alpha value is -3.45. The summed E-state index contributed by atoms with van der Waals surface area (Å²) in [6.07, 6.45) is 0. The van der Waals surface area contributed by atoms with E-state index in [1.165, 1.54) is 7.11 Å². The molecule has 134 valence electrons. The lowest BCUT2D eigenvalue weighted by Crippen LogP contribution is -1.97. The molecular weight excluding hydrogens is 364 g/mol. The highest BCUT2D eigenvalue weighted by atomic mass is 32.1. The molecule has 2 aromatic carbocycles. The second-order valence-corrected chi connectivity index (χ2v) is 6.73. The second kappa shape index (κ2) is 6.69. The molecule has 4 aromatic rings. The maximum absolute atomic E-state index is 12.0. The van der Waals surface area contributed by atoms with Gasteiger partial charge in [-0.25, -0.2) is 14.8 Å². The molecule has 0 atom stereocenters. The van der Waals surface area contributed by atoms with Crippen molar-refractivity contribution in [3.05, 3.63) is 59.5 Å². The number of benzene rings is 2. The molecule has 4 rings (SSSR count). The van der Waals surface area contributed by atoms with Gasteiger partial charge in [0.05, 0.1) is 23.8 Å². The number of aromatic nitrogens is 2. The Morgan fingerprint density at radius 3 is 2.41 bits per heavy atom. The van der Waals surface area contributed by atoms with Crippen LogP contribution in [0.2, 0.25) is 0 Å². The first kappa shape index (κ1) is 17.0. The molecule has 0 saturated heterocycles. The number of aromatic hydroxyl groups is 2. The van der Waals surface area contributed by atoms with Crippen LogP contribution >= 0.6 is 11.3 Å². The SMILES string of the molecule is COC(=O)c1sc2nc(-c3ccccc3O)nc(-c3ccccc3)c2c1O. The number of phenolic OH excluding ortho intramolecular Hbond substituents is 1. The fourth-order valence-electron chi connectivity index (χ4n) is 2.81. The molecule has 0 fully saturated rings. The summed E-state index contributed by atoms with van der Waals surface area (Å²) in [5.74, 6) is -0.495. The number of hydrogen-bond donors (Lipinski definition) is 2. The van der Waals surface area contributed by atoms with Crippen molar-refractivity contribution >= 4 is 27.5 Å². The summed E-state index contributed by atoms with van der Waals surface area (Å²) in [7, 11) is 1.25. The summed E-state index contributed by atoms with van der Waals surface area (Å²) in [5, 5.41) is 21.2. The van der Waals surface area contributed by atoms with E-state index < -0.39 is 5.97 Å². The van der Waals surface area contributed by atoms with Crippen molar-refractivity contribution in [2.75, 3.05) is 7.11 Å². The molecule has 0 bridgehead atoms. The molecule has 0 spiro atoms. The van der Waals surface area contributed by atoms with Crippen molar-refractivity contribution in [1.29, 1.82) is 0 Å². The summed E-state index contributed by atoms with van der Waals surface area (Å²) >= 11 is 1.02. The Balaban J connectivity index is 2.07. The van der Waals surface area contributed by atoms with E-state index in [-0.39, 0.29) is 16.4 Å². The molecule has 0 radical (unpaired) electrons. The minimum atomic E-state index is -0.640. The summed E-state index contributed by atoms with van der Waals surface area (Å²) in [5.41, 5.74) is 1.69. The predicted octanol–water partition coefficient (Wildman–Crippen LogP) is 4.22. The fourth-order valence-corrected chi connectivity index (χ4v) is 3.79. The fraction of sp³-hybridized carbons (Fsp3) is 0.0500. The molecule has 0 aliphatic heterocycles. The van der Waals surface area contributed by atoms with Crippen LogP contribution in [-0.4, -0.2) is 33.3 Å². The van der Waals surface area contributed by atoms with Crippen LogP contribution in [0.4, 0.5) is 0 Å². The molecule has 0 saturated carbocycles. The van der Waals surface area contributed by atoms with E-state index >= 15 is 0 Å². The highest BCUT2D eigenvalue weighted by molar-refractivity contribution is 7.21. The Labute approximate surface area is 158 Å². The summed E-state index contributed by atoms with van der Waals surface area (Å²) < 4.78 is 4.75. The molecule has 0 unspecified atom stereocenters. The predicted molar refractivity (Wildman–Crippen MR) is 103 cm³/mol. The number of carbonyl (C=O) groups is 1. The van der Waals surface area contributed by atoms with Crippen LogP contribution < -0.4 is 0 Å². The number of nitrogens with zero attached hydrogens (tertiary/aromatic N) is 2. The maximum Gasteiger partial charge on any atom is 0.351 e. The van der Waals surface area contributed by atoms with Gasteiger partial charge in [0.25, 0.3) is 0 Å². The molecule has 0 aliphatic carbocycles. The highest BCUT2D eigenvalue weighted by Gasteiger charge is 2.24. The number of thiophene rings is 1. The quantitative estimate of drug-likeness (QED) is 0.519. The van der Waals surface area contributed by atoms with Crippen molar-refractivity contribution < 1.29 is 19.7 Å². The first-order chi connectivity index (χ1) is 13.1. The average Bonchev–Trinajstić information content (AvgIpc) is 3.04. The largest absolute Gasteiger partial charge is 0.507 e. The van der Waals surface area contributed by atoms with Gasteiger partial charge in [-0.1, -0.05) is 42.5 Å². The number of rotatable bonds is 3. The van der Waals surface area contributed by atoms with E-state index in [2.05, 4.69) is 9.97 Å².